The molecule has 3 aromatic carbocycles. The molecule has 190 valence electrons. The Morgan fingerprint density at radius 3 is 1.25 bits per heavy atom. The van der Waals surface area contributed by atoms with Gasteiger partial charge in [-0.25, -0.2) is 0 Å². The van der Waals surface area contributed by atoms with Crippen molar-refractivity contribution in [2.45, 2.75) is 55.4 Å². The van der Waals surface area contributed by atoms with Gasteiger partial charge in [0.15, 0.2) is 0 Å². The minimum atomic E-state index is 0.194. The Morgan fingerprint density at radius 2 is 0.944 bits per heavy atom. The molecular weight excluding hydrogens is 529 g/mol. The van der Waals surface area contributed by atoms with E-state index in [9.17, 15) is 0 Å². The molecule has 4 aromatic rings. The Bertz CT molecular complexity index is 1310. The number of fused-ring (bicyclic) bond motifs is 1. The molecule has 0 fully saturated rings. The SMILES string of the molecule is CC(=Nc1c(C)cc(C)cc1C)c1[nH]c(C(C)=Nc2c(C)cc(C)cc2C)c2ccccc12.[Cl][Fe][Cl]. The van der Waals surface area contributed by atoms with E-state index < -0.39 is 0 Å². The molecule has 4 rings (SSSR count). The van der Waals surface area contributed by atoms with Gasteiger partial charge in [-0.2, -0.15) is 0 Å². The van der Waals surface area contributed by atoms with E-state index in [0.29, 0.717) is 0 Å². The van der Waals surface area contributed by atoms with Crippen LogP contribution in [0.1, 0.15) is 58.6 Å². The summed E-state index contributed by atoms with van der Waals surface area (Å²) < 4.78 is 0. The Kier molecular flexibility index (Phi) is 9.60. The molecule has 0 radical (unpaired) electrons. The van der Waals surface area contributed by atoms with Gasteiger partial charge in [-0.3, -0.25) is 9.98 Å². The van der Waals surface area contributed by atoms with E-state index in [0.717, 1.165) is 34.2 Å². The number of aromatic nitrogens is 1. The second kappa shape index (κ2) is 12.3. The van der Waals surface area contributed by atoms with Gasteiger partial charge in [0.05, 0.1) is 34.2 Å². The average Bonchev–Trinajstić information content (AvgIpc) is 3.19. The quantitative estimate of drug-likeness (QED) is 0.190. The Balaban J connectivity index is 0.00000115. The van der Waals surface area contributed by atoms with Crippen LogP contribution in [0.2, 0.25) is 0 Å². The van der Waals surface area contributed by atoms with Gasteiger partial charge in [0.2, 0.25) is 0 Å². The van der Waals surface area contributed by atoms with E-state index in [1.165, 1.54) is 44.2 Å². The maximum absolute atomic E-state index is 5.06. The molecule has 1 aromatic heterocycles. The fourth-order valence-electron chi connectivity index (χ4n) is 4.89. The topological polar surface area (TPSA) is 40.5 Å². The molecule has 1 heterocycles. The summed E-state index contributed by atoms with van der Waals surface area (Å²) in [6.07, 6.45) is 0. The van der Waals surface area contributed by atoms with E-state index in [1.807, 2.05) is 0 Å². The zero-order chi connectivity index (χ0) is 26.6. The molecule has 0 bridgehead atoms. The van der Waals surface area contributed by atoms with Gasteiger partial charge < -0.3 is 4.98 Å². The van der Waals surface area contributed by atoms with E-state index >= 15 is 0 Å². The third-order valence-corrected chi connectivity index (χ3v) is 6.27. The number of hydrogen-bond donors (Lipinski definition) is 1. The first kappa shape index (κ1) is 28.2. The minimum absolute atomic E-state index is 0.194. The summed E-state index contributed by atoms with van der Waals surface area (Å²) in [5.74, 6) is 0. The van der Waals surface area contributed by atoms with Crippen molar-refractivity contribution < 1.29 is 13.1 Å². The van der Waals surface area contributed by atoms with Gasteiger partial charge in [0, 0.05) is 10.8 Å². The number of hydrogen-bond acceptors (Lipinski definition) is 2. The van der Waals surface area contributed by atoms with E-state index in [1.54, 1.807) is 0 Å². The van der Waals surface area contributed by atoms with Crippen LogP contribution in [0.4, 0.5) is 11.4 Å². The van der Waals surface area contributed by atoms with Crippen LogP contribution in [-0.4, -0.2) is 16.4 Å². The summed E-state index contributed by atoms with van der Waals surface area (Å²) in [6.45, 7) is 17.0. The number of halogens is 2. The molecule has 1 N–H and O–H groups in total. The van der Waals surface area contributed by atoms with Crippen molar-refractivity contribution in [2.75, 3.05) is 0 Å². The van der Waals surface area contributed by atoms with Crippen LogP contribution >= 0.6 is 20.2 Å². The molecule has 0 unspecified atom stereocenters. The number of nitrogens with zero attached hydrogens (tertiary/aromatic N) is 2. The van der Waals surface area contributed by atoms with Crippen LogP contribution in [0.3, 0.4) is 0 Å². The number of aliphatic imine (C=N–C) groups is 2. The third-order valence-electron chi connectivity index (χ3n) is 6.27. The second-order valence-corrected chi connectivity index (χ2v) is 11.2. The van der Waals surface area contributed by atoms with E-state index in [-0.39, 0.29) is 13.1 Å². The molecule has 0 amide bonds. The maximum atomic E-state index is 5.06. The molecule has 0 saturated carbocycles. The zero-order valence-corrected chi connectivity index (χ0v) is 24.7. The third kappa shape index (κ3) is 6.30. The first-order chi connectivity index (χ1) is 17.1. The van der Waals surface area contributed by atoms with Crippen molar-refractivity contribution in [2.24, 2.45) is 9.98 Å². The summed E-state index contributed by atoms with van der Waals surface area (Å²) in [5, 5.41) is 2.34. The molecule has 3 nitrogen and oxygen atoms in total. The fraction of sp³-hybridized carbons (Fsp3) is 0.267. The number of aryl methyl sites for hydroxylation is 6. The Morgan fingerprint density at radius 1 is 0.639 bits per heavy atom. The predicted molar refractivity (Wildman–Crippen MR) is 155 cm³/mol. The number of aromatic amines is 1. The summed E-state index contributed by atoms with van der Waals surface area (Å²) in [6, 6.07) is 17.3. The molecule has 0 aliphatic heterocycles. The van der Waals surface area contributed by atoms with Crippen molar-refractivity contribution in [3.63, 3.8) is 0 Å². The first-order valence-corrected chi connectivity index (χ1v) is 14.8. The molecule has 6 heteroatoms. The number of rotatable bonds is 4. The summed E-state index contributed by atoms with van der Waals surface area (Å²) >= 11 is 0.194. The summed E-state index contributed by atoms with van der Waals surface area (Å²) in [4.78, 5) is 13.8. The normalized spacial score (nSPS) is 12.2. The van der Waals surface area contributed by atoms with Crippen LogP contribution in [0, 0.1) is 41.5 Å². The van der Waals surface area contributed by atoms with Gasteiger partial charge in [-0.05, 0) is 77.6 Å². The van der Waals surface area contributed by atoms with Gasteiger partial charge in [-0.1, -0.05) is 59.7 Å². The molecule has 0 atom stereocenters. The molecule has 0 aliphatic rings. The van der Waals surface area contributed by atoms with Crippen LogP contribution < -0.4 is 0 Å². The number of benzene rings is 3. The molecule has 0 saturated heterocycles. The average molecular weight is 562 g/mol. The van der Waals surface area contributed by atoms with Crippen molar-refractivity contribution >= 4 is 53.8 Å². The van der Waals surface area contributed by atoms with Crippen molar-refractivity contribution in [1.82, 2.24) is 4.98 Å². The van der Waals surface area contributed by atoms with Crippen LogP contribution in [0.25, 0.3) is 10.8 Å². The monoisotopic (exact) mass is 561 g/mol. The standard InChI is InChI=1S/C30H33N3.2ClH.Fe/c1-17-13-19(3)27(20(4)14-17)31-23(7)29-25-11-9-10-12-26(25)30(33-29)24(8)32-28-21(5)15-18(2)16-22(28)6;;;/h9-16,33H,1-8H3;2*1H;/q;;;+2/p-2. The molecule has 36 heavy (non-hydrogen) atoms. The Hall–Kier alpha value is -2.36. The van der Waals surface area contributed by atoms with Gasteiger partial charge in [0.1, 0.15) is 0 Å². The van der Waals surface area contributed by atoms with Crippen LogP contribution in [-0.2, 0) is 13.1 Å². The molecular formula is C30H33Cl2FeN3. The van der Waals surface area contributed by atoms with Crippen molar-refractivity contribution in [1.29, 1.82) is 0 Å². The molecule has 0 aliphatic carbocycles. The Labute approximate surface area is 229 Å². The van der Waals surface area contributed by atoms with Crippen LogP contribution in [0.5, 0.6) is 0 Å². The van der Waals surface area contributed by atoms with Gasteiger partial charge >= 0.3 is 33.3 Å². The summed E-state index contributed by atoms with van der Waals surface area (Å²) in [7, 11) is 9.53. The van der Waals surface area contributed by atoms with E-state index in [4.69, 9.17) is 30.2 Å². The number of H-pyrrole nitrogens is 1. The van der Waals surface area contributed by atoms with Crippen LogP contribution in [0.15, 0.2) is 58.5 Å². The number of nitrogens with one attached hydrogen (secondary N) is 1. The predicted octanol–water partition coefficient (Wildman–Crippen LogP) is 9.68. The van der Waals surface area contributed by atoms with Gasteiger partial charge in [-0.15, -0.1) is 0 Å². The second-order valence-electron chi connectivity index (χ2n) is 9.36. The van der Waals surface area contributed by atoms with Crippen molar-refractivity contribution in [3.05, 3.63) is 93.3 Å². The molecule has 0 spiro atoms. The zero-order valence-electron chi connectivity index (χ0n) is 22.1. The van der Waals surface area contributed by atoms with Crippen molar-refractivity contribution in [3.8, 4) is 0 Å². The van der Waals surface area contributed by atoms with Gasteiger partial charge in [0.25, 0.3) is 0 Å². The summed E-state index contributed by atoms with van der Waals surface area (Å²) in [5.41, 5.74) is 13.5. The first-order valence-electron chi connectivity index (χ1n) is 11.8. The van der Waals surface area contributed by atoms with E-state index in [2.05, 4.69) is 109 Å². The fourth-order valence-corrected chi connectivity index (χ4v) is 4.89.